The molecule has 310 valence electrons. The SMILES string of the molecule is COC(=O)N[C@H](C(=O)N1CC=C[C@H]1C1=NC=C(c2ccc(-c3ccc(C4=CN=C([C@@H]5CCCN5C(=O)[C@@H](NC(=O)OC)C5CCCCC5)C4)cc3)cc2)C1)C1CCCC1. The quantitative estimate of drug-likeness (QED) is 0.223. The van der Waals surface area contributed by atoms with E-state index >= 15 is 0 Å². The van der Waals surface area contributed by atoms with Crippen LogP contribution < -0.4 is 10.6 Å². The van der Waals surface area contributed by atoms with Gasteiger partial charge in [-0.2, -0.15) is 0 Å². The Labute approximate surface area is 346 Å². The number of likely N-dealkylation sites (tertiary alicyclic amines) is 1. The van der Waals surface area contributed by atoms with Gasteiger partial charge >= 0.3 is 12.2 Å². The second kappa shape index (κ2) is 18.2. The summed E-state index contributed by atoms with van der Waals surface area (Å²) in [6.07, 6.45) is 19.0. The first kappa shape index (κ1) is 40.3. The number of benzene rings is 2. The number of carbonyl (C=O) groups is 4. The molecule has 8 rings (SSSR count). The van der Waals surface area contributed by atoms with E-state index in [9.17, 15) is 19.2 Å². The molecular formula is C47H56N6O6. The van der Waals surface area contributed by atoms with Crippen molar-refractivity contribution in [2.24, 2.45) is 21.8 Å². The van der Waals surface area contributed by atoms with Crippen LogP contribution in [0, 0.1) is 11.8 Å². The summed E-state index contributed by atoms with van der Waals surface area (Å²) in [5, 5.41) is 5.72. The van der Waals surface area contributed by atoms with Gasteiger partial charge in [-0.3, -0.25) is 19.6 Å². The van der Waals surface area contributed by atoms with E-state index in [1.165, 1.54) is 20.6 Å². The molecule has 12 heteroatoms. The van der Waals surface area contributed by atoms with Crippen LogP contribution in [0.15, 0.2) is 83.1 Å². The first-order chi connectivity index (χ1) is 28.8. The normalized spacial score (nSPS) is 23.0. The minimum absolute atomic E-state index is 0.0167. The van der Waals surface area contributed by atoms with Crippen LogP contribution >= 0.6 is 0 Å². The number of alkyl carbamates (subject to hydrolysis) is 2. The van der Waals surface area contributed by atoms with Crippen molar-refractivity contribution in [1.29, 1.82) is 0 Å². The van der Waals surface area contributed by atoms with Crippen LogP contribution in [0.3, 0.4) is 0 Å². The lowest BCUT2D eigenvalue weighted by atomic mass is 9.83. The Bertz CT molecular complexity index is 2060. The van der Waals surface area contributed by atoms with Crippen molar-refractivity contribution >= 4 is 46.6 Å². The van der Waals surface area contributed by atoms with E-state index in [2.05, 4.69) is 59.2 Å². The summed E-state index contributed by atoms with van der Waals surface area (Å²) in [6, 6.07) is 15.6. The van der Waals surface area contributed by atoms with Crippen molar-refractivity contribution in [2.75, 3.05) is 27.3 Å². The zero-order chi connectivity index (χ0) is 40.9. The highest BCUT2D eigenvalue weighted by atomic mass is 16.5. The highest BCUT2D eigenvalue weighted by Crippen LogP contribution is 2.35. The summed E-state index contributed by atoms with van der Waals surface area (Å²) < 4.78 is 9.78. The molecule has 4 amide bonds. The van der Waals surface area contributed by atoms with Gasteiger partial charge in [-0.15, -0.1) is 0 Å². The maximum Gasteiger partial charge on any atom is 0.407 e. The van der Waals surface area contributed by atoms with Gasteiger partial charge in [0, 0.05) is 49.8 Å². The molecule has 0 unspecified atom stereocenters. The maximum atomic E-state index is 14.0. The van der Waals surface area contributed by atoms with Gasteiger partial charge in [0.25, 0.3) is 0 Å². The molecule has 3 fully saturated rings. The molecule has 2 saturated carbocycles. The summed E-state index contributed by atoms with van der Waals surface area (Å²) >= 11 is 0. The largest absolute Gasteiger partial charge is 0.453 e. The Balaban J connectivity index is 0.861. The second-order valence-electron chi connectivity index (χ2n) is 16.8. The highest BCUT2D eigenvalue weighted by Gasteiger charge is 2.42. The molecule has 12 nitrogen and oxygen atoms in total. The number of nitrogens with zero attached hydrogens (tertiary/aromatic N) is 4. The second-order valence-corrected chi connectivity index (χ2v) is 16.8. The Kier molecular flexibility index (Phi) is 12.4. The molecule has 0 bridgehead atoms. The van der Waals surface area contributed by atoms with E-state index in [0.717, 1.165) is 109 Å². The molecule has 2 N–H and O–H groups in total. The predicted octanol–water partition coefficient (Wildman–Crippen LogP) is 7.70. The van der Waals surface area contributed by atoms with Crippen molar-refractivity contribution in [3.63, 3.8) is 0 Å². The number of carbonyl (C=O) groups excluding carboxylic acids is 4. The average molecular weight is 801 g/mol. The van der Waals surface area contributed by atoms with Crippen molar-refractivity contribution in [3.8, 4) is 11.1 Å². The summed E-state index contributed by atoms with van der Waals surface area (Å²) in [6.45, 7) is 1.15. The number of allylic oxidation sites excluding steroid dienone is 2. The Morgan fingerprint density at radius 3 is 1.63 bits per heavy atom. The molecule has 4 heterocycles. The van der Waals surface area contributed by atoms with Gasteiger partial charge in [-0.05, 0) is 83.8 Å². The molecular weight excluding hydrogens is 745 g/mol. The van der Waals surface area contributed by atoms with Crippen LogP contribution in [0.1, 0.15) is 94.6 Å². The summed E-state index contributed by atoms with van der Waals surface area (Å²) in [4.78, 5) is 65.8. The molecule has 0 aromatic heterocycles. The molecule has 2 aliphatic carbocycles. The number of amides is 4. The highest BCUT2D eigenvalue weighted by molar-refractivity contribution is 6.05. The molecule has 59 heavy (non-hydrogen) atoms. The first-order valence-electron chi connectivity index (χ1n) is 21.5. The lowest BCUT2D eigenvalue weighted by Gasteiger charge is -2.34. The fourth-order valence-corrected chi connectivity index (χ4v) is 10.1. The van der Waals surface area contributed by atoms with Gasteiger partial charge in [-0.1, -0.05) is 92.8 Å². The van der Waals surface area contributed by atoms with Crippen LogP contribution in [0.2, 0.25) is 0 Å². The number of rotatable bonds is 11. The molecule has 0 spiro atoms. The van der Waals surface area contributed by atoms with E-state index in [4.69, 9.17) is 19.5 Å². The van der Waals surface area contributed by atoms with Gasteiger partial charge in [-0.25, -0.2) is 9.59 Å². The molecule has 6 aliphatic rings. The van der Waals surface area contributed by atoms with Crippen LogP contribution in [0.5, 0.6) is 0 Å². The lowest BCUT2D eigenvalue weighted by molar-refractivity contribution is -0.135. The Morgan fingerprint density at radius 1 is 0.610 bits per heavy atom. The van der Waals surface area contributed by atoms with Gasteiger partial charge < -0.3 is 29.9 Å². The number of methoxy groups -OCH3 is 2. The third-order valence-electron chi connectivity index (χ3n) is 13.3. The summed E-state index contributed by atoms with van der Waals surface area (Å²) in [7, 11) is 2.67. The maximum absolute atomic E-state index is 14.0. The van der Waals surface area contributed by atoms with E-state index in [-0.39, 0.29) is 35.7 Å². The first-order valence-corrected chi connectivity index (χ1v) is 21.5. The topological polar surface area (TPSA) is 142 Å². The van der Waals surface area contributed by atoms with Gasteiger partial charge in [0.05, 0.1) is 26.3 Å². The van der Waals surface area contributed by atoms with Crippen molar-refractivity contribution in [2.45, 2.75) is 108 Å². The van der Waals surface area contributed by atoms with E-state index < -0.39 is 24.3 Å². The minimum atomic E-state index is -0.605. The van der Waals surface area contributed by atoms with Crippen LogP contribution in [-0.4, -0.2) is 96.7 Å². The lowest BCUT2D eigenvalue weighted by Crippen LogP contribution is -2.54. The summed E-state index contributed by atoms with van der Waals surface area (Å²) in [5.74, 6) is 0.129. The Morgan fingerprint density at radius 2 is 1.08 bits per heavy atom. The molecule has 4 aliphatic heterocycles. The monoisotopic (exact) mass is 800 g/mol. The zero-order valence-corrected chi connectivity index (χ0v) is 34.2. The average Bonchev–Trinajstić information content (AvgIpc) is 4.14. The van der Waals surface area contributed by atoms with E-state index in [1.807, 2.05) is 34.4 Å². The molecule has 2 aromatic carbocycles. The number of aliphatic imine (C=N–C) groups is 2. The molecule has 1 saturated heterocycles. The van der Waals surface area contributed by atoms with Crippen LogP contribution in [-0.2, 0) is 19.1 Å². The fraction of sp³-hybridized carbons (Fsp3) is 0.489. The number of ether oxygens (including phenoxy) is 2. The van der Waals surface area contributed by atoms with E-state index in [0.29, 0.717) is 25.9 Å². The molecule has 0 radical (unpaired) electrons. The molecule has 2 aromatic rings. The van der Waals surface area contributed by atoms with Crippen LogP contribution in [0.25, 0.3) is 22.3 Å². The number of hydrogen-bond acceptors (Lipinski definition) is 8. The van der Waals surface area contributed by atoms with Crippen molar-refractivity contribution < 1.29 is 28.7 Å². The fourth-order valence-electron chi connectivity index (χ4n) is 10.1. The minimum Gasteiger partial charge on any atom is -0.453 e. The number of hydrogen-bond donors (Lipinski definition) is 2. The van der Waals surface area contributed by atoms with Crippen LogP contribution in [0.4, 0.5) is 9.59 Å². The third kappa shape index (κ3) is 8.77. The Hall–Kier alpha value is -5.52. The van der Waals surface area contributed by atoms with Gasteiger partial charge in [0.2, 0.25) is 11.8 Å². The zero-order valence-electron chi connectivity index (χ0n) is 34.2. The smallest absolute Gasteiger partial charge is 0.407 e. The predicted molar refractivity (Wildman–Crippen MR) is 229 cm³/mol. The summed E-state index contributed by atoms with van der Waals surface area (Å²) in [5.41, 5.74) is 8.58. The third-order valence-corrected chi connectivity index (χ3v) is 13.3. The standard InChI is InChI=1S/C47H56N6O6/c1-58-46(56)50-42(34-10-4-3-5-11-34)44(54)52-24-8-14-40(52)38-26-36(28-48-38)32-20-16-30(17-21-32)31-18-22-33(23-19-31)37-27-39(49-29-37)41-15-9-25-53(41)45(55)43(51-47(57)59-2)35-12-6-7-13-35/h9,15-23,28-29,34-35,40-43H,3-8,10-14,24-27H2,1-2H3,(H,50,56)(H,51,57)/t40-,41-,42-,43-/m0/s1. The van der Waals surface area contributed by atoms with Gasteiger partial charge in [0.1, 0.15) is 12.1 Å². The molecule has 4 atom stereocenters. The van der Waals surface area contributed by atoms with Gasteiger partial charge in [0.15, 0.2) is 0 Å². The van der Waals surface area contributed by atoms with Crippen molar-refractivity contribution in [1.82, 2.24) is 20.4 Å². The van der Waals surface area contributed by atoms with E-state index in [1.54, 1.807) is 0 Å². The number of nitrogens with one attached hydrogen (secondary N) is 2. The van der Waals surface area contributed by atoms with Crippen molar-refractivity contribution in [3.05, 3.63) is 84.2 Å².